The molecule has 0 aromatic heterocycles. The van der Waals surface area contributed by atoms with Crippen LogP contribution in [-0.4, -0.2) is 16.4 Å². The first-order valence-corrected chi connectivity index (χ1v) is 7.90. The number of rotatable bonds is 3. The van der Waals surface area contributed by atoms with Gasteiger partial charge in [-0.15, -0.1) is 0 Å². The number of carbonyl (C=O) groups excluding carboxylic acids is 1. The van der Waals surface area contributed by atoms with Gasteiger partial charge in [0, 0.05) is 11.9 Å². The van der Waals surface area contributed by atoms with Crippen LogP contribution in [0.2, 0.25) is 5.02 Å². The highest BCUT2D eigenvalue weighted by atomic mass is 35.5. The van der Waals surface area contributed by atoms with Crippen LogP contribution >= 0.6 is 11.6 Å². The van der Waals surface area contributed by atoms with Crippen LogP contribution in [0.3, 0.4) is 0 Å². The maximum Gasteiger partial charge on any atom is 0.257 e. The van der Waals surface area contributed by atoms with E-state index in [-0.39, 0.29) is 11.5 Å². The van der Waals surface area contributed by atoms with Gasteiger partial charge in [-0.1, -0.05) is 23.7 Å². The summed E-state index contributed by atoms with van der Waals surface area (Å²) >= 11 is 5.96. The molecule has 1 amide bonds. The number of hydrogen-bond donors (Lipinski definition) is 1. The van der Waals surface area contributed by atoms with E-state index in [0.29, 0.717) is 21.2 Å². The molecule has 2 aromatic carbocycles. The Bertz CT molecular complexity index is 769. The molecule has 1 atom stereocenters. The molecule has 2 aromatic rings. The summed E-state index contributed by atoms with van der Waals surface area (Å²) in [5, 5.41) is 12.1. The van der Waals surface area contributed by atoms with Crippen molar-refractivity contribution in [2.24, 2.45) is 0 Å². The Morgan fingerprint density at radius 1 is 1.29 bits per heavy atom. The monoisotopic (exact) mass is 318 g/mol. The van der Waals surface area contributed by atoms with E-state index >= 15 is 0 Å². The number of nitriles is 1. The van der Waals surface area contributed by atoms with Gasteiger partial charge in [-0.3, -0.25) is 9.00 Å². The fraction of sp³-hybridized carbons (Fsp3) is 0.0667. The number of carbonyl (C=O) groups is 1. The first-order valence-electron chi connectivity index (χ1n) is 5.96. The Balaban J connectivity index is 2.29. The molecule has 4 nitrogen and oxygen atoms in total. The maximum atomic E-state index is 12.1. The minimum absolute atomic E-state index is 0.271. The van der Waals surface area contributed by atoms with Crippen molar-refractivity contribution in [2.75, 3.05) is 11.6 Å². The van der Waals surface area contributed by atoms with Gasteiger partial charge in [0.2, 0.25) is 0 Å². The van der Waals surface area contributed by atoms with Crippen LogP contribution < -0.4 is 5.32 Å². The van der Waals surface area contributed by atoms with Crippen molar-refractivity contribution >= 4 is 34.0 Å². The second-order valence-corrected chi connectivity index (χ2v) is 5.97. The molecule has 106 valence electrons. The third-order valence-electron chi connectivity index (χ3n) is 2.79. The largest absolute Gasteiger partial charge is 0.322 e. The Hall–Kier alpha value is -2.16. The Morgan fingerprint density at radius 2 is 2.00 bits per heavy atom. The first kappa shape index (κ1) is 15.2. The molecule has 21 heavy (non-hydrogen) atoms. The Morgan fingerprint density at radius 3 is 2.62 bits per heavy atom. The molecule has 2 rings (SSSR count). The van der Waals surface area contributed by atoms with Crippen molar-refractivity contribution in [2.45, 2.75) is 4.90 Å². The third-order valence-corrected chi connectivity index (χ3v) is 4.09. The highest BCUT2D eigenvalue weighted by Gasteiger charge is 2.12. The lowest BCUT2D eigenvalue weighted by Gasteiger charge is -2.08. The van der Waals surface area contributed by atoms with Gasteiger partial charge >= 0.3 is 0 Å². The number of anilines is 1. The smallest absolute Gasteiger partial charge is 0.257 e. The van der Waals surface area contributed by atoms with Crippen LogP contribution in [0.4, 0.5) is 5.69 Å². The van der Waals surface area contributed by atoms with Gasteiger partial charge < -0.3 is 5.32 Å². The lowest BCUT2D eigenvalue weighted by atomic mass is 10.2. The van der Waals surface area contributed by atoms with Gasteiger partial charge in [0.1, 0.15) is 6.07 Å². The minimum Gasteiger partial charge on any atom is -0.322 e. The highest BCUT2D eigenvalue weighted by molar-refractivity contribution is 7.84. The molecule has 0 radical (unpaired) electrons. The van der Waals surface area contributed by atoms with E-state index < -0.39 is 10.8 Å². The van der Waals surface area contributed by atoms with Crippen molar-refractivity contribution in [1.82, 2.24) is 0 Å². The molecule has 0 bridgehead atoms. The van der Waals surface area contributed by atoms with Crippen molar-refractivity contribution in [1.29, 1.82) is 5.26 Å². The first-order chi connectivity index (χ1) is 10.0. The van der Waals surface area contributed by atoms with Crippen LogP contribution in [0.1, 0.15) is 15.9 Å². The predicted octanol–water partition coefficient (Wildman–Crippen LogP) is 3.20. The molecular formula is C15H11ClN2O2S. The van der Waals surface area contributed by atoms with Crippen molar-refractivity contribution in [3.63, 3.8) is 0 Å². The molecule has 0 saturated heterocycles. The molecule has 0 heterocycles. The average molecular weight is 319 g/mol. The van der Waals surface area contributed by atoms with Crippen LogP contribution in [0.25, 0.3) is 0 Å². The Kier molecular flexibility index (Phi) is 4.73. The zero-order chi connectivity index (χ0) is 15.4. The molecule has 0 aliphatic rings. The average Bonchev–Trinajstić information content (AvgIpc) is 2.47. The van der Waals surface area contributed by atoms with E-state index in [1.807, 2.05) is 6.07 Å². The lowest BCUT2D eigenvalue weighted by Crippen LogP contribution is -2.12. The molecule has 0 fully saturated rings. The number of halogens is 1. The summed E-state index contributed by atoms with van der Waals surface area (Å²) in [5.41, 5.74) is 1.07. The highest BCUT2D eigenvalue weighted by Crippen LogP contribution is 2.20. The molecular weight excluding hydrogens is 308 g/mol. The topological polar surface area (TPSA) is 70.0 Å². The number of nitrogens with one attached hydrogen (secondary N) is 1. The van der Waals surface area contributed by atoms with E-state index in [9.17, 15) is 9.00 Å². The summed E-state index contributed by atoms with van der Waals surface area (Å²) in [5.74, 6) is -0.366. The van der Waals surface area contributed by atoms with Crippen molar-refractivity contribution < 1.29 is 9.00 Å². The maximum absolute atomic E-state index is 12.1. The van der Waals surface area contributed by atoms with Gasteiger partial charge in [-0.05, 0) is 30.3 Å². The molecule has 0 saturated carbocycles. The normalized spacial score (nSPS) is 11.5. The van der Waals surface area contributed by atoms with E-state index in [2.05, 4.69) is 5.32 Å². The summed E-state index contributed by atoms with van der Waals surface area (Å²) in [6.45, 7) is 0. The number of amides is 1. The second kappa shape index (κ2) is 6.53. The van der Waals surface area contributed by atoms with Gasteiger partial charge in [0.15, 0.2) is 0 Å². The van der Waals surface area contributed by atoms with Gasteiger partial charge in [0.25, 0.3) is 5.91 Å². The SMILES string of the molecule is CS(=O)c1ccc(NC(=O)c2ccccc2Cl)cc1C#N. The molecule has 6 heteroatoms. The predicted molar refractivity (Wildman–Crippen MR) is 82.9 cm³/mol. The van der Waals surface area contributed by atoms with E-state index in [0.717, 1.165) is 0 Å². The zero-order valence-corrected chi connectivity index (χ0v) is 12.7. The molecule has 0 aliphatic heterocycles. The van der Waals surface area contributed by atoms with Crippen LogP contribution in [0.15, 0.2) is 47.4 Å². The quantitative estimate of drug-likeness (QED) is 0.944. The molecule has 1 N–H and O–H groups in total. The second-order valence-electron chi connectivity index (χ2n) is 4.21. The molecule has 0 aliphatic carbocycles. The molecule has 1 unspecified atom stereocenters. The summed E-state index contributed by atoms with van der Waals surface area (Å²) in [6.07, 6.45) is 1.50. The molecule has 0 spiro atoms. The van der Waals surface area contributed by atoms with Crippen LogP contribution in [0, 0.1) is 11.3 Å². The third kappa shape index (κ3) is 3.48. The van der Waals surface area contributed by atoms with Crippen molar-refractivity contribution in [3.05, 3.63) is 58.6 Å². The van der Waals surface area contributed by atoms with Gasteiger partial charge in [-0.2, -0.15) is 5.26 Å². The van der Waals surface area contributed by atoms with Crippen LogP contribution in [-0.2, 0) is 10.8 Å². The zero-order valence-electron chi connectivity index (χ0n) is 11.1. The lowest BCUT2D eigenvalue weighted by molar-refractivity contribution is 0.102. The Labute approximate surface area is 129 Å². The van der Waals surface area contributed by atoms with E-state index in [4.69, 9.17) is 16.9 Å². The summed E-state index contributed by atoms with van der Waals surface area (Å²) < 4.78 is 11.5. The number of hydrogen-bond acceptors (Lipinski definition) is 3. The fourth-order valence-electron chi connectivity index (χ4n) is 1.79. The minimum atomic E-state index is -1.26. The number of nitrogens with zero attached hydrogens (tertiary/aromatic N) is 1. The van der Waals surface area contributed by atoms with Crippen LogP contribution in [0.5, 0.6) is 0 Å². The number of benzene rings is 2. The standard InChI is InChI=1S/C15H11ClN2O2S/c1-21(20)14-7-6-11(8-10(14)9-17)18-15(19)12-4-2-3-5-13(12)16/h2-8H,1H3,(H,18,19). The van der Waals surface area contributed by atoms with E-state index in [1.165, 1.54) is 12.3 Å². The van der Waals surface area contributed by atoms with E-state index in [1.54, 1.807) is 36.4 Å². The summed E-state index contributed by atoms with van der Waals surface area (Å²) in [6, 6.07) is 13.3. The fourth-order valence-corrected chi connectivity index (χ4v) is 2.69. The van der Waals surface area contributed by atoms with Gasteiger partial charge in [-0.25, -0.2) is 0 Å². The van der Waals surface area contributed by atoms with Gasteiger partial charge in [0.05, 0.1) is 31.8 Å². The summed E-state index contributed by atoms with van der Waals surface area (Å²) in [4.78, 5) is 12.6. The summed E-state index contributed by atoms with van der Waals surface area (Å²) in [7, 11) is -1.26. The van der Waals surface area contributed by atoms with Crippen molar-refractivity contribution in [3.8, 4) is 6.07 Å².